The van der Waals surface area contributed by atoms with Crippen molar-refractivity contribution in [2.45, 2.75) is 45.1 Å². The molecule has 0 spiro atoms. The molecule has 2 aromatic carbocycles. The summed E-state index contributed by atoms with van der Waals surface area (Å²) in [5.41, 5.74) is 15.3. The number of hydrogen-bond donors (Lipinski definition) is 3. The topological polar surface area (TPSA) is 96.9 Å². The first-order valence-corrected chi connectivity index (χ1v) is 11.9. The van der Waals surface area contributed by atoms with Gasteiger partial charge in [0, 0.05) is 35.4 Å². The fourth-order valence-corrected chi connectivity index (χ4v) is 3.97. The Bertz CT molecular complexity index is 1140. The van der Waals surface area contributed by atoms with E-state index in [0.717, 1.165) is 22.0 Å². The van der Waals surface area contributed by atoms with E-state index in [1.54, 1.807) is 12.1 Å². The predicted molar refractivity (Wildman–Crippen MR) is 140 cm³/mol. The van der Waals surface area contributed by atoms with Crippen LogP contribution in [0.1, 0.15) is 44.1 Å². The monoisotopic (exact) mass is 482 g/mol. The minimum absolute atomic E-state index is 0.217. The molecular formula is C26H32ClFN6. The fraction of sp³-hybridized carbons (Fsp3) is 0.308. The van der Waals surface area contributed by atoms with Crippen molar-refractivity contribution in [3.05, 3.63) is 71.5 Å². The van der Waals surface area contributed by atoms with Gasteiger partial charge in [-0.1, -0.05) is 80.5 Å². The van der Waals surface area contributed by atoms with E-state index in [0.29, 0.717) is 28.1 Å². The highest BCUT2D eigenvalue weighted by Crippen LogP contribution is 2.31. The number of halogens is 2. The zero-order chi connectivity index (χ0) is 24.3. The van der Waals surface area contributed by atoms with Crippen LogP contribution < -0.4 is 11.5 Å². The summed E-state index contributed by atoms with van der Waals surface area (Å²) in [4.78, 5) is 11.2. The highest BCUT2D eigenvalue weighted by molar-refractivity contribution is 6.33. The van der Waals surface area contributed by atoms with Crippen molar-refractivity contribution in [3.63, 3.8) is 0 Å². The third-order valence-corrected chi connectivity index (χ3v) is 5.76. The number of aromatic amines is 1. The summed E-state index contributed by atoms with van der Waals surface area (Å²) in [6.07, 6.45) is 12.4. The molecule has 1 fully saturated rings. The highest BCUT2D eigenvalue weighted by Gasteiger charge is 2.11. The van der Waals surface area contributed by atoms with E-state index in [1.165, 1.54) is 51.8 Å². The summed E-state index contributed by atoms with van der Waals surface area (Å²) in [6.45, 7) is 0.306. The molecule has 5 N–H and O–H groups in total. The first-order valence-electron chi connectivity index (χ1n) is 11.5. The molecule has 2 heterocycles. The minimum Gasteiger partial charge on any atom is -0.399 e. The zero-order valence-electron chi connectivity index (χ0n) is 19.5. The van der Waals surface area contributed by atoms with Crippen LogP contribution in [0, 0.1) is 0 Å². The lowest BCUT2D eigenvalue weighted by molar-refractivity contribution is 0.0506. The lowest BCUT2D eigenvalue weighted by Crippen LogP contribution is -2.05. The van der Waals surface area contributed by atoms with Gasteiger partial charge in [0.15, 0.2) is 0 Å². The van der Waals surface area contributed by atoms with Crippen LogP contribution in [0.5, 0.6) is 0 Å². The molecule has 6 nitrogen and oxygen atoms in total. The Kier molecular flexibility index (Phi) is 9.67. The standard InChI is InChI=1S/C12H9ClN4.C8H11FN2.C6H12/c13-9-6-16-12(14)17-11(9)8-5-15-10-4-2-1-3-7(8)10;1-11(9)6-7-2-4-8(10)5-3-7;1-2-4-6-5-3-1/h1-6,15H,(H2,14,16,17);2-5H,6,10H2,1H3;1-6H2. The number of nitrogens with zero attached hydrogens (tertiary/aromatic N) is 3. The number of anilines is 2. The largest absolute Gasteiger partial charge is 0.399 e. The molecule has 1 aliphatic rings. The van der Waals surface area contributed by atoms with Crippen LogP contribution >= 0.6 is 11.6 Å². The molecular weight excluding hydrogens is 451 g/mol. The van der Waals surface area contributed by atoms with E-state index in [2.05, 4.69) is 15.0 Å². The molecule has 0 saturated heterocycles. The number of benzene rings is 2. The Morgan fingerprint density at radius 3 is 2.21 bits per heavy atom. The number of hydrogen-bond acceptors (Lipinski definition) is 5. The van der Waals surface area contributed by atoms with Crippen LogP contribution in [-0.4, -0.2) is 27.1 Å². The highest BCUT2D eigenvalue weighted by atomic mass is 35.5. The number of fused-ring (bicyclic) bond motifs is 1. The number of rotatable bonds is 3. The lowest BCUT2D eigenvalue weighted by Gasteiger charge is -2.05. The van der Waals surface area contributed by atoms with E-state index >= 15 is 0 Å². The van der Waals surface area contributed by atoms with Crippen molar-refractivity contribution in [2.24, 2.45) is 0 Å². The first kappa shape index (κ1) is 25.5. The van der Waals surface area contributed by atoms with Crippen LogP contribution in [0.2, 0.25) is 5.02 Å². The molecule has 4 aromatic rings. The summed E-state index contributed by atoms with van der Waals surface area (Å²) >= 11 is 6.09. The number of nitrogens with two attached hydrogens (primary N) is 2. The van der Waals surface area contributed by atoms with Crippen molar-refractivity contribution in [3.8, 4) is 11.3 Å². The van der Waals surface area contributed by atoms with Crippen molar-refractivity contribution in [1.29, 1.82) is 0 Å². The molecule has 5 rings (SSSR count). The molecule has 0 amide bonds. The van der Waals surface area contributed by atoms with Crippen molar-refractivity contribution < 1.29 is 4.48 Å². The lowest BCUT2D eigenvalue weighted by atomic mass is 10.0. The van der Waals surface area contributed by atoms with E-state index < -0.39 is 0 Å². The van der Waals surface area contributed by atoms with Crippen LogP contribution in [0.3, 0.4) is 0 Å². The molecule has 0 unspecified atom stereocenters. The SMILES string of the molecule is C1CCCCC1.CN(F)Cc1ccc(N)cc1.Nc1ncc(Cl)c(-c2c[nH]c3ccccc23)n1. The second kappa shape index (κ2) is 12.9. The van der Waals surface area contributed by atoms with Crippen molar-refractivity contribution >= 4 is 34.1 Å². The van der Waals surface area contributed by atoms with Gasteiger partial charge in [-0.15, -0.1) is 9.60 Å². The predicted octanol–water partition coefficient (Wildman–Crippen LogP) is 6.79. The Morgan fingerprint density at radius 1 is 0.971 bits per heavy atom. The zero-order valence-corrected chi connectivity index (χ0v) is 20.2. The van der Waals surface area contributed by atoms with Gasteiger partial charge in [0.2, 0.25) is 5.95 Å². The summed E-state index contributed by atoms with van der Waals surface area (Å²) in [5, 5.41) is 2.18. The van der Waals surface area contributed by atoms with Gasteiger partial charge in [-0.05, 0) is 23.8 Å². The number of para-hydroxylation sites is 1. The molecule has 1 saturated carbocycles. The number of aromatic nitrogens is 3. The van der Waals surface area contributed by atoms with Gasteiger partial charge in [0.25, 0.3) is 0 Å². The van der Waals surface area contributed by atoms with E-state index in [-0.39, 0.29) is 5.95 Å². The summed E-state index contributed by atoms with van der Waals surface area (Å²) in [7, 11) is 1.39. The van der Waals surface area contributed by atoms with Gasteiger partial charge in [-0.3, -0.25) is 0 Å². The average Bonchev–Trinajstić information content (AvgIpc) is 3.28. The Hall–Kier alpha value is -3.16. The third kappa shape index (κ3) is 7.71. The van der Waals surface area contributed by atoms with Gasteiger partial charge >= 0.3 is 0 Å². The van der Waals surface area contributed by atoms with E-state index in [4.69, 9.17) is 23.1 Å². The average molecular weight is 483 g/mol. The van der Waals surface area contributed by atoms with Gasteiger partial charge in [0.1, 0.15) is 0 Å². The van der Waals surface area contributed by atoms with E-state index in [1.807, 2.05) is 42.6 Å². The second-order valence-corrected chi connectivity index (χ2v) is 8.71. The second-order valence-electron chi connectivity index (χ2n) is 8.30. The Morgan fingerprint density at radius 2 is 1.59 bits per heavy atom. The number of nitrogens with one attached hydrogen (secondary N) is 1. The fourth-order valence-electron chi connectivity index (χ4n) is 3.77. The molecule has 0 bridgehead atoms. The quantitative estimate of drug-likeness (QED) is 0.221. The maximum absolute atomic E-state index is 12.3. The molecule has 34 heavy (non-hydrogen) atoms. The Balaban J connectivity index is 0.000000163. The maximum atomic E-state index is 12.3. The van der Waals surface area contributed by atoms with Crippen LogP contribution in [0.4, 0.5) is 16.1 Å². The summed E-state index contributed by atoms with van der Waals surface area (Å²) in [5.74, 6) is 0.217. The smallest absolute Gasteiger partial charge is 0.220 e. The maximum Gasteiger partial charge on any atom is 0.220 e. The van der Waals surface area contributed by atoms with E-state index in [9.17, 15) is 4.48 Å². The molecule has 180 valence electrons. The number of H-pyrrole nitrogens is 1. The van der Waals surface area contributed by atoms with Crippen LogP contribution in [0.15, 0.2) is 60.9 Å². The van der Waals surface area contributed by atoms with Crippen molar-refractivity contribution in [1.82, 2.24) is 20.1 Å². The summed E-state index contributed by atoms with van der Waals surface area (Å²) in [6, 6.07) is 15.1. The molecule has 8 heteroatoms. The van der Waals surface area contributed by atoms with Gasteiger partial charge in [-0.2, -0.15) is 0 Å². The van der Waals surface area contributed by atoms with Crippen LogP contribution in [-0.2, 0) is 6.54 Å². The minimum atomic E-state index is 0.217. The normalized spacial score (nSPS) is 13.1. The molecule has 0 aliphatic heterocycles. The van der Waals surface area contributed by atoms with Gasteiger partial charge in [-0.25, -0.2) is 9.97 Å². The summed E-state index contributed by atoms with van der Waals surface area (Å²) < 4.78 is 12.3. The van der Waals surface area contributed by atoms with Gasteiger partial charge < -0.3 is 16.5 Å². The van der Waals surface area contributed by atoms with Crippen LogP contribution in [0.25, 0.3) is 22.2 Å². The molecule has 0 atom stereocenters. The van der Waals surface area contributed by atoms with Crippen molar-refractivity contribution in [2.75, 3.05) is 18.5 Å². The van der Waals surface area contributed by atoms with Gasteiger partial charge in [0.05, 0.1) is 23.5 Å². The molecule has 1 aliphatic carbocycles. The number of nitrogen functional groups attached to an aromatic ring is 2. The third-order valence-electron chi connectivity index (χ3n) is 5.49. The first-order chi connectivity index (χ1) is 16.4. The Labute approximate surface area is 205 Å². The molecule has 0 radical (unpaired) electrons. The molecule has 2 aromatic heterocycles.